The molecule has 68 valence electrons. The Balaban J connectivity index is 3.91. The average Bonchev–Trinajstić information content (AvgIpc) is 1.55. The minimum absolute atomic E-state index is 0.299. The summed E-state index contributed by atoms with van der Waals surface area (Å²) in [5.74, 6) is 0. The zero-order valence-electron chi connectivity index (χ0n) is 7.42. The van der Waals surface area contributed by atoms with E-state index in [0.717, 1.165) is 0 Å². The molecule has 0 spiro atoms. The van der Waals surface area contributed by atoms with Gasteiger partial charge >= 0.3 is 75.2 Å². The number of hydrogen-bond donors (Lipinski definition) is 2. The third-order valence-corrected chi connectivity index (χ3v) is 9.76. The van der Waals surface area contributed by atoms with Gasteiger partial charge in [0.05, 0.1) is 0 Å². The molecule has 0 atom stereocenters. The monoisotopic (exact) mass is 258 g/mol. The molecule has 4 nitrogen and oxygen atoms in total. The van der Waals surface area contributed by atoms with Crippen molar-refractivity contribution in [2.24, 2.45) is 0 Å². The van der Waals surface area contributed by atoms with E-state index in [2.05, 4.69) is 0 Å². The first kappa shape index (κ1) is 11.9. The SMILES string of the molecule is CC[O][Zr]([OH])([OH])[O][Si](C)(C)C. The fourth-order valence-electron chi connectivity index (χ4n) is 0.616. The van der Waals surface area contributed by atoms with Crippen LogP contribution < -0.4 is 0 Å². The summed E-state index contributed by atoms with van der Waals surface area (Å²) < 4.78 is 28.3. The van der Waals surface area contributed by atoms with Crippen molar-refractivity contribution in [2.45, 2.75) is 26.6 Å². The van der Waals surface area contributed by atoms with Crippen molar-refractivity contribution in [2.75, 3.05) is 6.61 Å². The standard InChI is InChI=1S/C3H9OSi.C2H5O.2H2O.Zr/c1-5(2,3)4;1-2-3;;;/h1-3H3;2H2,1H3;2*1H2;/q2*-1;;;+4/p-2. The molecule has 2 N–H and O–H groups in total. The van der Waals surface area contributed by atoms with Gasteiger partial charge in [0.2, 0.25) is 0 Å². The van der Waals surface area contributed by atoms with E-state index in [0.29, 0.717) is 6.61 Å². The van der Waals surface area contributed by atoms with Crippen molar-refractivity contribution in [1.82, 2.24) is 0 Å². The fourth-order valence-corrected chi connectivity index (χ4v) is 8.71. The molecule has 0 aliphatic carbocycles. The topological polar surface area (TPSA) is 58.9 Å². The van der Waals surface area contributed by atoms with Crippen molar-refractivity contribution < 1.29 is 33.7 Å². The molecule has 0 fully saturated rings. The van der Waals surface area contributed by atoms with Gasteiger partial charge in [0, 0.05) is 0 Å². The van der Waals surface area contributed by atoms with Gasteiger partial charge in [-0.2, -0.15) is 0 Å². The molecule has 0 aromatic heterocycles. The molecule has 0 saturated carbocycles. The molecule has 0 aliphatic heterocycles. The van der Waals surface area contributed by atoms with Crippen LogP contribution in [0.5, 0.6) is 0 Å². The van der Waals surface area contributed by atoms with Gasteiger partial charge in [-0.05, 0) is 0 Å². The Morgan fingerprint density at radius 3 is 2.00 bits per heavy atom. The Hall–Kier alpha value is 0.940. The van der Waals surface area contributed by atoms with E-state index < -0.39 is 30.3 Å². The van der Waals surface area contributed by atoms with E-state index in [9.17, 15) is 6.37 Å². The zero-order valence-corrected chi connectivity index (χ0v) is 10.9. The maximum absolute atomic E-state index is 9.21. The van der Waals surface area contributed by atoms with Crippen LogP contribution in [0.25, 0.3) is 0 Å². The Kier molecular flexibility index (Phi) is 4.62. The summed E-state index contributed by atoms with van der Waals surface area (Å²) in [4.78, 5) is 0. The van der Waals surface area contributed by atoms with Crippen LogP contribution in [0.4, 0.5) is 0 Å². The molecule has 0 heterocycles. The van der Waals surface area contributed by atoms with Gasteiger partial charge in [-0.3, -0.25) is 0 Å². The molecular weight excluding hydrogens is 243 g/mol. The third-order valence-electron chi connectivity index (χ3n) is 0.772. The van der Waals surface area contributed by atoms with E-state index in [4.69, 9.17) is 5.32 Å². The van der Waals surface area contributed by atoms with Gasteiger partial charge in [-0.25, -0.2) is 0 Å². The molecule has 0 unspecified atom stereocenters. The summed E-state index contributed by atoms with van der Waals surface area (Å²) in [6.07, 6.45) is 0. The first-order valence-corrected chi connectivity index (χ1v) is 11.2. The van der Waals surface area contributed by atoms with E-state index in [1.165, 1.54) is 0 Å². The minimum atomic E-state index is -4.48. The summed E-state index contributed by atoms with van der Waals surface area (Å²) in [6.45, 7) is 7.69. The number of rotatable bonds is 4. The van der Waals surface area contributed by atoms with Crippen molar-refractivity contribution in [1.29, 1.82) is 0 Å². The van der Waals surface area contributed by atoms with Crippen molar-refractivity contribution >= 4 is 8.32 Å². The van der Waals surface area contributed by atoms with Gasteiger partial charge in [0.15, 0.2) is 0 Å². The Labute approximate surface area is 75.2 Å². The molecule has 0 aromatic rings. The Morgan fingerprint density at radius 1 is 1.27 bits per heavy atom. The van der Waals surface area contributed by atoms with Gasteiger partial charge in [0.25, 0.3) is 0 Å². The first-order chi connectivity index (χ1) is 4.77. The van der Waals surface area contributed by atoms with Crippen LogP contribution in [0.1, 0.15) is 6.92 Å². The molecule has 0 bridgehead atoms. The zero-order chi connectivity index (χ0) is 9.12. The van der Waals surface area contributed by atoms with Gasteiger partial charge in [0.1, 0.15) is 0 Å². The van der Waals surface area contributed by atoms with Gasteiger partial charge in [-0.1, -0.05) is 0 Å². The molecule has 0 aliphatic rings. The van der Waals surface area contributed by atoms with Crippen LogP contribution in [0.15, 0.2) is 0 Å². The second kappa shape index (κ2) is 4.25. The van der Waals surface area contributed by atoms with Crippen molar-refractivity contribution in [3.05, 3.63) is 0 Å². The van der Waals surface area contributed by atoms with Crippen molar-refractivity contribution in [3.63, 3.8) is 0 Å². The van der Waals surface area contributed by atoms with Crippen LogP contribution in [-0.2, 0) is 27.3 Å². The molecule has 0 aromatic carbocycles. The molecule has 11 heavy (non-hydrogen) atoms. The molecule has 0 amide bonds. The van der Waals surface area contributed by atoms with Crippen LogP contribution >= 0.6 is 0 Å². The Bertz CT molecular complexity index is 122. The summed E-state index contributed by atoms with van der Waals surface area (Å²) in [5, 5.41) is 0. The summed E-state index contributed by atoms with van der Waals surface area (Å²) >= 11 is -4.48. The normalized spacial score (nSPS) is 13.6. The number of hydrogen-bond acceptors (Lipinski definition) is 4. The van der Waals surface area contributed by atoms with Gasteiger partial charge < -0.3 is 0 Å². The van der Waals surface area contributed by atoms with Crippen LogP contribution in [0, 0.1) is 0 Å². The predicted molar refractivity (Wildman–Crippen MR) is 40.5 cm³/mol. The molecule has 0 rings (SSSR count). The van der Waals surface area contributed by atoms with Crippen LogP contribution in [0.2, 0.25) is 19.6 Å². The van der Waals surface area contributed by atoms with E-state index in [-0.39, 0.29) is 0 Å². The molecule has 6 heteroatoms. The van der Waals surface area contributed by atoms with E-state index in [1.54, 1.807) is 6.92 Å². The van der Waals surface area contributed by atoms with Crippen molar-refractivity contribution in [3.8, 4) is 0 Å². The second-order valence-corrected chi connectivity index (χ2v) is 12.5. The Morgan fingerprint density at radius 2 is 1.73 bits per heavy atom. The molecular formula is C5H16O4SiZr. The summed E-state index contributed by atoms with van der Waals surface area (Å²) in [7, 11) is -1.86. The van der Waals surface area contributed by atoms with Crippen LogP contribution in [0.3, 0.4) is 0 Å². The van der Waals surface area contributed by atoms with E-state index in [1.807, 2.05) is 19.6 Å². The fraction of sp³-hybridized carbons (Fsp3) is 1.00. The van der Waals surface area contributed by atoms with Gasteiger partial charge in [-0.15, -0.1) is 0 Å². The average molecular weight is 259 g/mol. The second-order valence-electron chi connectivity index (χ2n) is 3.20. The third kappa shape index (κ3) is 7.31. The summed E-state index contributed by atoms with van der Waals surface area (Å²) in [5.41, 5.74) is 0. The molecule has 0 saturated heterocycles. The quantitative estimate of drug-likeness (QED) is 0.729. The summed E-state index contributed by atoms with van der Waals surface area (Å²) in [6, 6.07) is 0. The van der Waals surface area contributed by atoms with Crippen LogP contribution in [-0.4, -0.2) is 21.3 Å². The maximum atomic E-state index is 9.21. The molecule has 0 radical (unpaired) electrons. The van der Waals surface area contributed by atoms with E-state index >= 15 is 0 Å². The first-order valence-electron chi connectivity index (χ1n) is 3.56. The predicted octanol–water partition coefficient (Wildman–Crippen LogP) is 0.673.